The second-order valence-corrected chi connectivity index (χ2v) is 8.78. The van der Waals surface area contributed by atoms with E-state index in [0.29, 0.717) is 18.3 Å². The van der Waals surface area contributed by atoms with Gasteiger partial charge in [-0.2, -0.15) is 0 Å². The van der Waals surface area contributed by atoms with Gasteiger partial charge in [-0.05, 0) is 63.1 Å². The number of nitrogens with one attached hydrogen (secondary N) is 1. The van der Waals surface area contributed by atoms with Gasteiger partial charge in [0.2, 0.25) is 0 Å². The number of likely N-dealkylation sites (tertiary alicyclic amines) is 1. The van der Waals surface area contributed by atoms with E-state index in [1.807, 2.05) is 19.9 Å². The van der Waals surface area contributed by atoms with E-state index in [9.17, 15) is 0 Å². The van der Waals surface area contributed by atoms with Crippen LogP contribution in [0.15, 0.2) is 55.0 Å². The Hall–Kier alpha value is -3.03. The first-order chi connectivity index (χ1) is 16.1. The molecule has 0 spiro atoms. The first kappa shape index (κ1) is 23.1. The molecule has 1 fully saturated rings. The Balaban J connectivity index is 1.43. The molecule has 174 valence electrons. The second kappa shape index (κ2) is 11.2. The van der Waals surface area contributed by atoms with Crippen molar-refractivity contribution in [3.63, 3.8) is 0 Å². The number of piperidine rings is 1. The standard InChI is InChI=1S/C26H33N5O2/c1-19(2)33-24-10-9-20(14-22(24)18-32-3)16-31-13-5-6-21(17-31)23-7-4-8-25(29-23)30-26-15-27-11-12-28-26/h4,7-12,14-15,19,21H,5-6,13,16-18H2,1-3H3,(H,28,29,30)/t21-/m0/s1. The molecule has 3 heterocycles. The number of aromatic nitrogens is 3. The van der Waals surface area contributed by atoms with Gasteiger partial charge in [-0.15, -0.1) is 0 Å². The first-order valence-corrected chi connectivity index (χ1v) is 11.6. The van der Waals surface area contributed by atoms with Crippen LogP contribution in [0.25, 0.3) is 0 Å². The lowest BCUT2D eigenvalue weighted by atomic mass is 9.94. The van der Waals surface area contributed by atoms with Crippen molar-refractivity contribution in [1.82, 2.24) is 19.9 Å². The summed E-state index contributed by atoms with van der Waals surface area (Å²) in [6.45, 7) is 7.64. The van der Waals surface area contributed by atoms with Gasteiger partial charge in [0.25, 0.3) is 0 Å². The fraction of sp³-hybridized carbons (Fsp3) is 0.423. The molecule has 1 aliphatic heterocycles. The Bertz CT molecular complexity index is 1030. The predicted molar refractivity (Wildman–Crippen MR) is 130 cm³/mol. The third kappa shape index (κ3) is 6.49. The number of pyridine rings is 1. The second-order valence-electron chi connectivity index (χ2n) is 8.78. The Morgan fingerprint density at radius 2 is 2.06 bits per heavy atom. The molecule has 0 unspecified atom stereocenters. The van der Waals surface area contributed by atoms with Crippen LogP contribution < -0.4 is 10.1 Å². The highest BCUT2D eigenvalue weighted by molar-refractivity contribution is 5.50. The van der Waals surface area contributed by atoms with Gasteiger partial charge < -0.3 is 14.8 Å². The molecule has 0 bridgehead atoms. The topological polar surface area (TPSA) is 72.4 Å². The first-order valence-electron chi connectivity index (χ1n) is 11.6. The highest BCUT2D eigenvalue weighted by Crippen LogP contribution is 2.29. The van der Waals surface area contributed by atoms with Crippen LogP contribution >= 0.6 is 0 Å². The van der Waals surface area contributed by atoms with Crippen molar-refractivity contribution in [2.75, 3.05) is 25.5 Å². The third-order valence-corrected chi connectivity index (χ3v) is 5.71. The summed E-state index contributed by atoms with van der Waals surface area (Å²) in [5.74, 6) is 2.81. The van der Waals surface area contributed by atoms with Crippen molar-refractivity contribution in [2.45, 2.75) is 51.9 Å². The molecule has 7 nitrogen and oxygen atoms in total. The van der Waals surface area contributed by atoms with Gasteiger partial charge in [0.05, 0.1) is 18.9 Å². The average molecular weight is 448 g/mol. The molecule has 0 amide bonds. The van der Waals surface area contributed by atoms with Gasteiger partial charge in [-0.3, -0.25) is 9.88 Å². The summed E-state index contributed by atoms with van der Waals surface area (Å²) in [4.78, 5) is 15.8. The van der Waals surface area contributed by atoms with Crippen molar-refractivity contribution in [2.24, 2.45) is 0 Å². The van der Waals surface area contributed by atoms with Crippen molar-refractivity contribution in [3.8, 4) is 5.75 Å². The molecule has 7 heteroatoms. The minimum Gasteiger partial charge on any atom is -0.491 e. The lowest BCUT2D eigenvalue weighted by Gasteiger charge is -2.32. The van der Waals surface area contributed by atoms with Gasteiger partial charge in [-0.1, -0.05) is 12.1 Å². The summed E-state index contributed by atoms with van der Waals surface area (Å²) in [6, 6.07) is 12.6. The summed E-state index contributed by atoms with van der Waals surface area (Å²) in [7, 11) is 1.72. The molecule has 1 aliphatic rings. The summed E-state index contributed by atoms with van der Waals surface area (Å²) < 4.78 is 11.4. The lowest BCUT2D eigenvalue weighted by Crippen LogP contribution is -2.34. The molecule has 3 aromatic rings. The maximum Gasteiger partial charge on any atom is 0.150 e. The third-order valence-electron chi connectivity index (χ3n) is 5.71. The van der Waals surface area contributed by atoms with E-state index in [0.717, 1.165) is 55.3 Å². The zero-order valence-corrected chi connectivity index (χ0v) is 19.7. The quantitative estimate of drug-likeness (QED) is 0.499. The van der Waals surface area contributed by atoms with E-state index in [4.69, 9.17) is 14.5 Å². The van der Waals surface area contributed by atoms with Crippen molar-refractivity contribution >= 4 is 11.6 Å². The number of hydrogen-bond acceptors (Lipinski definition) is 7. The van der Waals surface area contributed by atoms with E-state index in [1.54, 1.807) is 25.7 Å². The minimum absolute atomic E-state index is 0.140. The molecule has 1 N–H and O–H groups in total. The van der Waals surface area contributed by atoms with Crippen molar-refractivity contribution < 1.29 is 9.47 Å². The summed E-state index contributed by atoms with van der Waals surface area (Å²) in [5.41, 5.74) is 3.50. The van der Waals surface area contributed by atoms with Crippen LogP contribution in [-0.4, -0.2) is 46.2 Å². The molecular formula is C26H33N5O2. The Morgan fingerprint density at radius 1 is 1.15 bits per heavy atom. The molecule has 0 aliphatic carbocycles. The largest absolute Gasteiger partial charge is 0.491 e. The van der Waals surface area contributed by atoms with Crippen LogP contribution in [0.4, 0.5) is 11.6 Å². The van der Waals surface area contributed by atoms with Crippen LogP contribution in [0.5, 0.6) is 5.75 Å². The summed E-state index contributed by atoms with van der Waals surface area (Å²) in [6.07, 6.45) is 7.48. The highest BCUT2D eigenvalue weighted by atomic mass is 16.5. The minimum atomic E-state index is 0.140. The van der Waals surface area contributed by atoms with E-state index in [2.05, 4.69) is 50.5 Å². The maximum absolute atomic E-state index is 5.96. The molecule has 1 saturated heterocycles. The normalized spacial score (nSPS) is 16.7. The van der Waals surface area contributed by atoms with Crippen molar-refractivity contribution in [3.05, 3.63) is 71.8 Å². The fourth-order valence-electron chi connectivity index (χ4n) is 4.31. The zero-order chi connectivity index (χ0) is 23.0. The Labute approximate surface area is 196 Å². The van der Waals surface area contributed by atoms with Crippen molar-refractivity contribution in [1.29, 1.82) is 0 Å². The number of methoxy groups -OCH3 is 1. The lowest BCUT2D eigenvalue weighted by molar-refractivity contribution is 0.174. The monoisotopic (exact) mass is 447 g/mol. The van der Waals surface area contributed by atoms with Crippen LogP contribution in [-0.2, 0) is 17.9 Å². The fourth-order valence-corrected chi connectivity index (χ4v) is 4.31. The molecule has 1 atom stereocenters. The van der Waals surface area contributed by atoms with Crippen LogP contribution in [0.1, 0.15) is 49.4 Å². The molecule has 33 heavy (non-hydrogen) atoms. The van der Waals surface area contributed by atoms with Crippen LogP contribution in [0.3, 0.4) is 0 Å². The van der Waals surface area contributed by atoms with Gasteiger partial charge in [-0.25, -0.2) is 9.97 Å². The number of rotatable bonds is 9. The highest BCUT2D eigenvalue weighted by Gasteiger charge is 2.23. The Morgan fingerprint density at radius 3 is 2.85 bits per heavy atom. The molecule has 0 saturated carbocycles. The maximum atomic E-state index is 5.96. The number of ether oxygens (including phenoxy) is 2. The number of benzene rings is 1. The number of nitrogens with zero attached hydrogens (tertiary/aromatic N) is 4. The Kier molecular flexibility index (Phi) is 7.86. The molecular weight excluding hydrogens is 414 g/mol. The van der Waals surface area contributed by atoms with Crippen LogP contribution in [0, 0.1) is 0 Å². The molecule has 4 rings (SSSR count). The smallest absolute Gasteiger partial charge is 0.150 e. The number of hydrogen-bond donors (Lipinski definition) is 1. The van der Waals surface area contributed by atoms with E-state index in [1.165, 1.54) is 5.56 Å². The van der Waals surface area contributed by atoms with Gasteiger partial charge >= 0.3 is 0 Å². The molecule has 0 radical (unpaired) electrons. The summed E-state index contributed by atoms with van der Waals surface area (Å²) >= 11 is 0. The van der Waals surface area contributed by atoms with E-state index < -0.39 is 0 Å². The SMILES string of the molecule is COCc1cc(CN2CCC[C@H](c3cccc(Nc4cnccn4)n3)C2)ccc1OC(C)C. The van der Waals surface area contributed by atoms with E-state index in [-0.39, 0.29) is 6.10 Å². The van der Waals surface area contributed by atoms with E-state index >= 15 is 0 Å². The van der Waals surface area contributed by atoms with Crippen LogP contribution in [0.2, 0.25) is 0 Å². The van der Waals surface area contributed by atoms with Gasteiger partial charge in [0.1, 0.15) is 17.4 Å². The summed E-state index contributed by atoms with van der Waals surface area (Å²) in [5, 5.41) is 3.25. The average Bonchev–Trinajstić information content (AvgIpc) is 2.82. The van der Waals surface area contributed by atoms with Gasteiger partial charge in [0.15, 0.2) is 0 Å². The number of anilines is 2. The predicted octanol–water partition coefficient (Wildman–Crippen LogP) is 4.93. The molecule has 2 aromatic heterocycles. The molecule has 1 aromatic carbocycles. The van der Waals surface area contributed by atoms with Gasteiger partial charge in [0, 0.05) is 49.8 Å². The zero-order valence-electron chi connectivity index (χ0n) is 19.7.